The summed E-state index contributed by atoms with van der Waals surface area (Å²) in [5.41, 5.74) is 1.62. The van der Waals surface area contributed by atoms with Crippen LogP contribution in [-0.4, -0.2) is 28.5 Å². The lowest BCUT2D eigenvalue weighted by Gasteiger charge is -2.23. The number of carbonyl (C=O) groups is 1. The van der Waals surface area contributed by atoms with E-state index in [4.69, 9.17) is 0 Å². The van der Waals surface area contributed by atoms with Crippen LogP contribution >= 0.6 is 0 Å². The molecule has 25 heavy (non-hydrogen) atoms. The molecular weight excluding hydrogens is 312 g/mol. The molecule has 1 amide bonds. The van der Waals surface area contributed by atoms with Gasteiger partial charge in [0.1, 0.15) is 11.5 Å². The average molecular weight is 338 g/mol. The Morgan fingerprint density at radius 1 is 1.12 bits per heavy atom. The van der Waals surface area contributed by atoms with Gasteiger partial charge in [-0.25, -0.2) is 9.97 Å². The third-order valence-electron chi connectivity index (χ3n) is 4.73. The normalized spacial score (nSPS) is 14.9. The zero-order chi connectivity index (χ0) is 17.5. The number of anilines is 1. The number of benzene rings is 1. The first-order valence-electron chi connectivity index (χ1n) is 9.18. The fourth-order valence-corrected chi connectivity index (χ4v) is 3.27. The van der Waals surface area contributed by atoms with Crippen molar-refractivity contribution in [2.75, 3.05) is 11.4 Å². The van der Waals surface area contributed by atoms with Crippen LogP contribution in [0.15, 0.2) is 42.7 Å². The second-order valence-electron chi connectivity index (χ2n) is 6.57. The van der Waals surface area contributed by atoms with E-state index in [9.17, 15) is 4.79 Å². The van der Waals surface area contributed by atoms with Crippen LogP contribution in [0.1, 0.15) is 55.1 Å². The highest BCUT2D eigenvalue weighted by Gasteiger charge is 2.18. The Kier molecular flexibility index (Phi) is 5.99. The topological polar surface area (TPSA) is 58.1 Å². The van der Waals surface area contributed by atoms with Crippen LogP contribution in [0.4, 0.5) is 5.82 Å². The van der Waals surface area contributed by atoms with Gasteiger partial charge in [0, 0.05) is 19.1 Å². The Balaban J connectivity index is 1.62. The van der Waals surface area contributed by atoms with Crippen molar-refractivity contribution in [2.24, 2.45) is 0 Å². The van der Waals surface area contributed by atoms with E-state index in [-0.39, 0.29) is 11.9 Å². The zero-order valence-electron chi connectivity index (χ0n) is 14.8. The van der Waals surface area contributed by atoms with Crippen molar-refractivity contribution in [1.29, 1.82) is 0 Å². The highest BCUT2D eigenvalue weighted by Crippen LogP contribution is 2.18. The van der Waals surface area contributed by atoms with Crippen LogP contribution in [-0.2, 0) is 6.54 Å². The molecule has 0 aliphatic heterocycles. The molecule has 1 saturated carbocycles. The fourth-order valence-electron chi connectivity index (χ4n) is 3.27. The molecule has 1 aliphatic rings. The van der Waals surface area contributed by atoms with Gasteiger partial charge in [0.25, 0.3) is 5.91 Å². The highest BCUT2D eigenvalue weighted by atomic mass is 16.1. The van der Waals surface area contributed by atoms with Crippen molar-refractivity contribution in [3.05, 3.63) is 54.0 Å². The van der Waals surface area contributed by atoms with Gasteiger partial charge in [0.05, 0.1) is 12.4 Å². The van der Waals surface area contributed by atoms with Crippen molar-refractivity contribution in [1.82, 2.24) is 15.3 Å². The molecule has 0 bridgehead atoms. The second kappa shape index (κ2) is 8.60. The summed E-state index contributed by atoms with van der Waals surface area (Å²) in [6.45, 7) is 3.70. The minimum absolute atomic E-state index is 0.114. The molecule has 3 rings (SSSR count). The molecule has 1 N–H and O–H groups in total. The number of carbonyl (C=O) groups excluding carboxylic acids is 1. The Hall–Kier alpha value is -2.43. The predicted molar refractivity (Wildman–Crippen MR) is 99.5 cm³/mol. The van der Waals surface area contributed by atoms with Gasteiger partial charge in [-0.15, -0.1) is 0 Å². The number of rotatable bonds is 6. The quantitative estimate of drug-likeness (QED) is 0.875. The maximum absolute atomic E-state index is 12.3. The maximum atomic E-state index is 12.3. The molecule has 5 nitrogen and oxygen atoms in total. The first kappa shape index (κ1) is 17.4. The number of nitrogens with zero attached hydrogens (tertiary/aromatic N) is 3. The second-order valence-corrected chi connectivity index (χ2v) is 6.57. The van der Waals surface area contributed by atoms with E-state index in [0.717, 1.165) is 31.7 Å². The number of amides is 1. The Morgan fingerprint density at radius 2 is 1.88 bits per heavy atom. The van der Waals surface area contributed by atoms with Crippen LogP contribution in [0, 0.1) is 0 Å². The molecule has 132 valence electrons. The molecule has 1 aliphatic carbocycles. The molecule has 5 heteroatoms. The molecule has 0 saturated heterocycles. The lowest BCUT2D eigenvalue weighted by molar-refractivity contribution is 0.0922. The summed E-state index contributed by atoms with van der Waals surface area (Å²) >= 11 is 0. The smallest absolute Gasteiger partial charge is 0.271 e. The molecule has 0 radical (unpaired) electrons. The van der Waals surface area contributed by atoms with Gasteiger partial charge in [-0.1, -0.05) is 49.6 Å². The molecule has 1 aromatic heterocycles. The summed E-state index contributed by atoms with van der Waals surface area (Å²) in [6.07, 6.45) is 9.08. The first-order chi connectivity index (χ1) is 12.3. The van der Waals surface area contributed by atoms with Gasteiger partial charge in [-0.05, 0) is 25.3 Å². The Morgan fingerprint density at radius 3 is 2.52 bits per heavy atom. The largest absolute Gasteiger partial charge is 0.351 e. The van der Waals surface area contributed by atoms with Crippen molar-refractivity contribution in [3.8, 4) is 0 Å². The summed E-state index contributed by atoms with van der Waals surface area (Å²) in [5, 5.41) is 3.08. The van der Waals surface area contributed by atoms with Crippen LogP contribution in [0.5, 0.6) is 0 Å². The Labute approximate surface area is 149 Å². The average Bonchev–Trinajstić information content (AvgIpc) is 2.68. The van der Waals surface area contributed by atoms with Crippen LogP contribution in [0.2, 0.25) is 0 Å². The molecule has 2 aromatic rings. The monoisotopic (exact) mass is 338 g/mol. The number of hydrogen-bond acceptors (Lipinski definition) is 4. The standard InChI is InChI=1S/C20H26N4O/c1-2-24(15-16-9-5-3-6-10-16)19-14-21-18(13-22-19)20(25)23-17-11-7-4-8-12-17/h3,5-6,9-10,13-14,17H,2,4,7-8,11-12,15H2,1H3,(H,23,25). The summed E-state index contributed by atoms with van der Waals surface area (Å²) in [4.78, 5) is 23.3. The van der Waals surface area contributed by atoms with E-state index in [1.165, 1.54) is 24.8 Å². The minimum atomic E-state index is -0.114. The van der Waals surface area contributed by atoms with Gasteiger partial charge in [0.2, 0.25) is 0 Å². The van der Waals surface area contributed by atoms with Crippen molar-refractivity contribution < 1.29 is 4.79 Å². The predicted octanol–water partition coefficient (Wildman–Crippen LogP) is 3.57. The van der Waals surface area contributed by atoms with Crippen molar-refractivity contribution in [2.45, 2.75) is 51.6 Å². The van der Waals surface area contributed by atoms with Crippen LogP contribution in [0.3, 0.4) is 0 Å². The Bertz CT molecular complexity index is 666. The van der Waals surface area contributed by atoms with Crippen molar-refractivity contribution in [3.63, 3.8) is 0 Å². The van der Waals surface area contributed by atoms with E-state index < -0.39 is 0 Å². The molecular formula is C20H26N4O. The van der Waals surface area contributed by atoms with Gasteiger partial charge in [0.15, 0.2) is 0 Å². The summed E-state index contributed by atoms with van der Waals surface area (Å²) < 4.78 is 0. The maximum Gasteiger partial charge on any atom is 0.271 e. The summed E-state index contributed by atoms with van der Waals surface area (Å²) in [6, 6.07) is 10.6. The third kappa shape index (κ3) is 4.78. The molecule has 0 unspecified atom stereocenters. The van der Waals surface area contributed by atoms with E-state index >= 15 is 0 Å². The minimum Gasteiger partial charge on any atom is -0.351 e. The number of aromatic nitrogens is 2. The highest BCUT2D eigenvalue weighted by molar-refractivity contribution is 5.92. The van der Waals surface area contributed by atoms with Gasteiger partial charge >= 0.3 is 0 Å². The fraction of sp³-hybridized carbons (Fsp3) is 0.450. The summed E-state index contributed by atoms with van der Waals surface area (Å²) in [5.74, 6) is 0.678. The molecule has 0 atom stereocenters. The van der Waals surface area contributed by atoms with Crippen molar-refractivity contribution >= 4 is 11.7 Å². The number of nitrogens with one attached hydrogen (secondary N) is 1. The van der Waals surface area contributed by atoms with Crippen LogP contribution in [0.25, 0.3) is 0 Å². The zero-order valence-corrected chi connectivity index (χ0v) is 14.8. The van der Waals surface area contributed by atoms with Gasteiger partial charge < -0.3 is 10.2 Å². The SMILES string of the molecule is CCN(Cc1ccccc1)c1cnc(C(=O)NC2CCCCC2)cn1. The molecule has 0 spiro atoms. The summed E-state index contributed by atoms with van der Waals surface area (Å²) in [7, 11) is 0. The third-order valence-corrected chi connectivity index (χ3v) is 4.73. The number of hydrogen-bond donors (Lipinski definition) is 1. The van der Waals surface area contributed by atoms with E-state index in [1.54, 1.807) is 12.4 Å². The molecule has 1 fully saturated rings. The van der Waals surface area contributed by atoms with E-state index in [0.29, 0.717) is 5.69 Å². The van der Waals surface area contributed by atoms with E-state index in [2.05, 4.69) is 39.2 Å². The lowest BCUT2D eigenvalue weighted by atomic mass is 9.95. The lowest BCUT2D eigenvalue weighted by Crippen LogP contribution is -2.36. The van der Waals surface area contributed by atoms with E-state index in [1.807, 2.05) is 18.2 Å². The first-order valence-corrected chi connectivity index (χ1v) is 9.18. The molecule has 1 heterocycles. The van der Waals surface area contributed by atoms with Gasteiger partial charge in [-0.2, -0.15) is 0 Å². The van der Waals surface area contributed by atoms with Gasteiger partial charge in [-0.3, -0.25) is 4.79 Å². The van der Waals surface area contributed by atoms with Crippen LogP contribution < -0.4 is 10.2 Å². The molecule has 1 aromatic carbocycles.